The lowest BCUT2D eigenvalue weighted by molar-refractivity contribution is 0.162. The van der Waals surface area contributed by atoms with Crippen molar-refractivity contribution < 1.29 is 9.47 Å². The summed E-state index contributed by atoms with van der Waals surface area (Å²) in [6.45, 7) is 9.82. The number of piperazine rings is 1. The number of benzene rings is 2. The van der Waals surface area contributed by atoms with E-state index >= 15 is 0 Å². The van der Waals surface area contributed by atoms with E-state index in [4.69, 9.17) is 9.47 Å². The summed E-state index contributed by atoms with van der Waals surface area (Å²) in [5, 5.41) is 3.46. The minimum atomic E-state index is 0.449. The van der Waals surface area contributed by atoms with Gasteiger partial charge in [0.05, 0.1) is 6.61 Å². The quantitative estimate of drug-likeness (QED) is 0.640. The van der Waals surface area contributed by atoms with Gasteiger partial charge in [-0.15, -0.1) is 0 Å². The van der Waals surface area contributed by atoms with Crippen molar-refractivity contribution in [3.8, 4) is 11.5 Å². The lowest BCUT2D eigenvalue weighted by Gasteiger charge is -2.35. The SMILES string of the molecule is CCCCC(c1ccc(OCc2ccccc2)c(OCC)c1)N1CCNCC1. The van der Waals surface area contributed by atoms with E-state index in [-0.39, 0.29) is 0 Å². The van der Waals surface area contributed by atoms with Gasteiger partial charge in [0.15, 0.2) is 11.5 Å². The van der Waals surface area contributed by atoms with Crippen molar-refractivity contribution in [1.82, 2.24) is 10.2 Å². The van der Waals surface area contributed by atoms with Gasteiger partial charge in [0, 0.05) is 32.2 Å². The Morgan fingerprint density at radius 1 is 0.964 bits per heavy atom. The third kappa shape index (κ3) is 5.73. The predicted molar refractivity (Wildman–Crippen MR) is 115 cm³/mol. The standard InChI is InChI=1S/C24H34N2O2/c1-3-5-11-22(26-16-14-25-15-17-26)21-12-13-23(24(18-21)27-4-2)28-19-20-9-7-6-8-10-20/h6-10,12-13,18,22,25H,3-5,11,14-17,19H2,1-2H3. The zero-order valence-corrected chi connectivity index (χ0v) is 17.3. The number of nitrogens with one attached hydrogen (secondary N) is 1. The molecule has 0 bridgehead atoms. The van der Waals surface area contributed by atoms with Crippen molar-refractivity contribution >= 4 is 0 Å². The molecule has 4 heteroatoms. The van der Waals surface area contributed by atoms with Gasteiger partial charge in [-0.05, 0) is 36.6 Å². The van der Waals surface area contributed by atoms with Gasteiger partial charge < -0.3 is 14.8 Å². The summed E-state index contributed by atoms with van der Waals surface area (Å²) in [6, 6.07) is 17.2. The van der Waals surface area contributed by atoms with E-state index in [9.17, 15) is 0 Å². The number of nitrogens with zero attached hydrogens (tertiary/aromatic N) is 1. The summed E-state index contributed by atoms with van der Waals surface area (Å²) in [6.07, 6.45) is 3.65. The van der Waals surface area contributed by atoms with Crippen LogP contribution in [0.4, 0.5) is 0 Å². The van der Waals surface area contributed by atoms with Crippen LogP contribution in [0.1, 0.15) is 50.3 Å². The van der Waals surface area contributed by atoms with Crippen LogP contribution in [0.5, 0.6) is 11.5 Å². The van der Waals surface area contributed by atoms with Crippen LogP contribution in [0.25, 0.3) is 0 Å². The fourth-order valence-corrected chi connectivity index (χ4v) is 3.81. The first-order chi connectivity index (χ1) is 13.8. The smallest absolute Gasteiger partial charge is 0.161 e. The lowest BCUT2D eigenvalue weighted by atomic mass is 9.98. The normalized spacial score (nSPS) is 15.9. The molecular weight excluding hydrogens is 348 g/mol. The van der Waals surface area contributed by atoms with E-state index in [2.05, 4.69) is 47.5 Å². The molecule has 1 saturated heterocycles. The third-order valence-electron chi connectivity index (χ3n) is 5.31. The predicted octanol–water partition coefficient (Wildman–Crippen LogP) is 4.80. The molecule has 1 aliphatic heterocycles. The van der Waals surface area contributed by atoms with Crippen molar-refractivity contribution in [1.29, 1.82) is 0 Å². The van der Waals surface area contributed by atoms with Crippen molar-refractivity contribution in [2.45, 2.75) is 45.8 Å². The first kappa shape index (κ1) is 20.7. The highest BCUT2D eigenvalue weighted by atomic mass is 16.5. The molecule has 28 heavy (non-hydrogen) atoms. The molecular formula is C24H34N2O2. The van der Waals surface area contributed by atoms with E-state index < -0.39 is 0 Å². The number of ether oxygens (including phenoxy) is 2. The Balaban J connectivity index is 1.78. The second-order valence-electron chi connectivity index (χ2n) is 7.36. The maximum Gasteiger partial charge on any atom is 0.161 e. The summed E-state index contributed by atoms with van der Waals surface area (Å²) >= 11 is 0. The fourth-order valence-electron chi connectivity index (χ4n) is 3.81. The second kappa shape index (κ2) is 11.1. The monoisotopic (exact) mass is 382 g/mol. The average Bonchev–Trinajstić information content (AvgIpc) is 2.75. The van der Waals surface area contributed by atoms with Crippen molar-refractivity contribution in [2.24, 2.45) is 0 Å². The zero-order chi connectivity index (χ0) is 19.6. The number of unbranched alkanes of at least 4 members (excludes halogenated alkanes) is 1. The van der Waals surface area contributed by atoms with Gasteiger partial charge in [0.1, 0.15) is 6.61 Å². The Morgan fingerprint density at radius 3 is 2.46 bits per heavy atom. The molecule has 2 aromatic carbocycles. The summed E-state index contributed by atoms with van der Waals surface area (Å²) in [4.78, 5) is 2.61. The van der Waals surface area contributed by atoms with Crippen LogP contribution < -0.4 is 14.8 Å². The van der Waals surface area contributed by atoms with Gasteiger partial charge in [-0.2, -0.15) is 0 Å². The largest absolute Gasteiger partial charge is 0.490 e. The van der Waals surface area contributed by atoms with Crippen LogP contribution in [0.15, 0.2) is 48.5 Å². The van der Waals surface area contributed by atoms with Gasteiger partial charge in [0.25, 0.3) is 0 Å². The van der Waals surface area contributed by atoms with Gasteiger partial charge in [-0.25, -0.2) is 0 Å². The molecule has 1 unspecified atom stereocenters. The number of rotatable bonds is 10. The summed E-state index contributed by atoms with van der Waals surface area (Å²) in [7, 11) is 0. The van der Waals surface area contributed by atoms with E-state index in [0.717, 1.165) is 43.2 Å². The van der Waals surface area contributed by atoms with Crippen LogP contribution in [-0.4, -0.2) is 37.7 Å². The Morgan fingerprint density at radius 2 is 1.75 bits per heavy atom. The van der Waals surface area contributed by atoms with Gasteiger partial charge in [-0.3, -0.25) is 4.90 Å². The molecule has 1 atom stereocenters. The first-order valence-electron chi connectivity index (χ1n) is 10.7. The fraction of sp³-hybridized carbons (Fsp3) is 0.500. The molecule has 1 aliphatic rings. The summed E-state index contributed by atoms with van der Waals surface area (Å²) in [5.74, 6) is 1.68. The number of hydrogen-bond donors (Lipinski definition) is 1. The molecule has 0 spiro atoms. The maximum absolute atomic E-state index is 6.09. The van der Waals surface area contributed by atoms with Crippen LogP contribution in [0.2, 0.25) is 0 Å². The lowest BCUT2D eigenvalue weighted by Crippen LogP contribution is -2.45. The summed E-state index contributed by atoms with van der Waals surface area (Å²) in [5.41, 5.74) is 2.50. The van der Waals surface area contributed by atoms with Crippen LogP contribution in [-0.2, 0) is 6.61 Å². The molecule has 0 radical (unpaired) electrons. The average molecular weight is 383 g/mol. The minimum Gasteiger partial charge on any atom is -0.490 e. The molecule has 1 fully saturated rings. The molecule has 3 rings (SSSR count). The molecule has 1 N–H and O–H groups in total. The Kier molecular flexibility index (Phi) is 8.19. The van der Waals surface area contributed by atoms with Gasteiger partial charge in [-0.1, -0.05) is 56.2 Å². The van der Waals surface area contributed by atoms with Crippen LogP contribution >= 0.6 is 0 Å². The van der Waals surface area contributed by atoms with Gasteiger partial charge in [0.2, 0.25) is 0 Å². The Bertz CT molecular complexity index is 699. The van der Waals surface area contributed by atoms with Crippen LogP contribution in [0, 0.1) is 0 Å². The molecule has 0 aromatic heterocycles. The minimum absolute atomic E-state index is 0.449. The highest BCUT2D eigenvalue weighted by Crippen LogP contribution is 2.35. The maximum atomic E-state index is 6.09. The zero-order valence-electron chi connectivity index (χ0n) is 17.3. The second-order valence-corrected chi connectivity index (χ2v) is 7.36. The van der Waals surface area contributed by atoms with E-state index in [0.29, 0.717) is 19.3 Å². The molecule has 0 amide bonds. The molecule has 0 saturated carbocycles. The van der Waals surface area contributed by atoms with Crippen molar-refractivity contribution in [3.63, 3.8) is 0 Å². The molecule has 4 nitrogen and oxygen atoms in total. The van der Waals surface area contributed by atoms with Crippen molar-refractivity contribution in [2.75, 3.05) is 32.8 Å². The van der Waals surface area contributed by atoms with E-state index in [1.807, 2.05) is 25.1 Å². The molecule has 152 valence electrons. The van der Waals surface area contributed by atoms with E-state index in [1.165, 1.54) is 24.8 Å². The Labute approximate surface area is 169 Å². The molecule has 2 aromatic rings. The van der Waals surface area contributed by atoms with Crippen LogP contribution in [0.3, 0.4) is 0 Å². The molecule has 0 aliphatic carbocycles. The van der Waals surface area contributed by atoms with Crippen molar-refractivity contribution in [3.05, 3.63) is 59.7 Å². The van der Waals surface area contributed by atoms with E-state index in [1.54, 1.807) is 0 Å². The topological polar surface area (TPSA) is 33.7 Å². The highest BCUT2D eigenvalue weighted by molar-refractivity contribution is 5.44. The van der Waals surface area contributed by atoms with Gasteiger partial charge >= 0.3 is 0 Å². The number of hydrogen-bond acceptors (Lipinski definition) is 4. The highest BCUT2D eigenvalue weighted by Gasteiger charge is 2.23. The third-order valence-corrected chi connectivity index (χ3v) is 5.31. The first-order valence-corrected chi connectivity index (χ1v) is 10.7. The summed E-state index contributed by atoms with van der Waals surface area (Å²) < 4.78 is 12.0. The Hall–Kier alpha value is -2.04. The molecule has 1 heterocycles.